The van der Waals surface area contributed by atoms with Gasteiger partial charge in [-0.05, 0) is 118 Å². The zero-order valence-corrected chi connectivity index (χ0v) is 36.7. The van der Waals surface area contributed by atoms with Crippen molar-refractivity contribution in [2.24, 2.45) is 52.3 Å². The van der Waals surface area contributed by atoms with Crippen LogP contribution in [0.2, 0.25) is 0 Å². The number of hydrogen-bond acceptors (Lipinski definition) is 16. The molecule has 61 heavy (non-hydrogen) atoms. The first-order valence-electron chi connectivity index (χ1n) is 23.5. The average Bonchev–Trinajstić information content (AvgIpc) is 3.68. The van der Waals surface area contributed by atoms with Crippen molar-refractivity contribution in [2.75, 3.05) is 13.2 Å². The lowest BCUT2D eigenvalue weighted by Gasteiger charge is -2.61. The molecule has 0 radical (unpaired) electrons. The van der Waals surface area contributed by atoms with E-state index in [-0.39, 0.29) is 23.0 Å². The fourth-order valence-electron chi connectivity index (χ4n) is 14.5. The zero-order valence-electron chi connectivity index (χ0n) is 36.7. The largest absolute Gasteiger partial charge is 0.388 e. The predicted molar refractivity (Wildman–Crippen MR) is 213 cm³/mol. The second-order valence-corrected chi connectivity index (χ2v) is 21.5. The van der Waals surface area contributed by atoms with E-state index in [0.717, 1.165) is 51.6 Å². The van der Waals surface area contributed by atoms with E-state index in [1.165, 1.54) is 33.1 Å². The molecule has 0 aromatic rings. The molecule has 5 heterocycles. The molecule has 5 aliphatic heterocycles. The van der Waals surface area contributed by atoms with Gasteiger partial charge >= 0.3 is 0 Å². The van der Waals surface area contributed by atoms with Crippen LogP contribution in [0.4, 0.5) is 0 Å². The van der Waals surface area contributed by atoms with Crippen LogP contribution >= 0.6 is 0 Å². The number of aliphatic hydroxyl groups is 8. The predicted octanol–water partition coefficient (Wildman–Crippen LogP) is 1.32. The van der Waals surface area contributed by atoms with Gasteiger partial charge in [0.2, 0.25) is 0 Å². The van der Waals surface area contributed by atoms with Crippen LogP contribution in [0.15, 0.2) is 0 Å². The minimum absolute atomic E-state index is 0.144. The summed E-state index contributed by atoms with van der Waals surface area (Å²) in [6, 6.07) is 0. The first-order chi connectivity index (χ1) is 28.9. The molecular formula is C45H74O16. The lowest BCUT2D eigenvalue weighted by molar-refractivity contribution is -0.369. The quantitative estimate of drug-likeness (QED) is 0.169. The third kappa shape index (κ3) is 7.59. The van der Waals surface area contributed by atoms with Crippen molar-refractivity contribution in [3.05, 3.63) is 0 Å². The first kappa shape index (κ1) is 45.5. The molecule has 0 aromatic heterocycles. The summed E-state index contributed by atoms with van der Waals surface area (Å²) >= 11 is 0. The van der Waals surface area contributed by atoms with Crippen LogP contribution in [0.3, 0.4) is 0 Å². The molecule has 1 spiro atoms. The molecule has 4 aliphatic carbocycles. The van der Waals surface area contributed by atoms with E-state index < -0.39 is 105 Å². The van der Waals surface area contributed by atoms with Crippen molar-refractivity contribution >= 4 is 0 Å². The molecule has 0 amide bonds. The fourth-order valence-corrected chi connectivity index (χ4v) is 14.5. The van der Waals surface area contributed by atoms with Crippen molar-refractivity contribution in [1.29, 1.82) is 0 Å². The summed E-state index contributed by atoms with van der Waals surface area (Å²) in [6.07, 6.45) is -10.6. The van der Waals surface area contributed by atoms with Crippen molar-refractivity contribution in [3.8, 4) is 0 Å². The summed E-state index contributed by atoms with van der Waals surface area (Å²) in [7, 11) is 0. The second kappa shape index (κ2) is 16.9. The van der Waals surface area contributed by atoms with Crippen LogP contribution in [-0.4, -0.2) is 164 Å². The van der Waals surface area contributed by atoms with E-state index in [9.17, 15) is 40.9 Å². The fraction of sp³-hybridized carbons (Fsp3) is 1.00. The van der Waals surface area contributed by atoms with Gasteiger partial charge in [-0.2, -0.15) is 0 Å². The number of aliphatic hydroxyl groups excluding tert-OH is 8. The minimum atomic E-state index is -1.70. The van der Waals surface area contributed by atoms with E-state index in [2.05, 4.69) is 27.7 Å². The number of fused-ring (bicyclic) bond motifs is 7. The highest BCUT2D eigenvalue weighted by Gasteiger charge is 2.69. The van der Waals surface area contributed by atoms with Gasteiger partial charge in [0, 0.05) is 12.3 Å². The Balaban J connectivity index is 0.863. The van der Waals surface area contributed by atoms with E-state index in [1.54, 1.807) is 0 Å². The molecule has 27 atom stereocenters. The topological polar surface area (TPSA) is 236 Å². The monoisotopic (exact) mass is 870 g/mol. The van der Waals surface area contributed by atoms with Crippen LogP contribution < -0.4 is 0 Å². The summed E-state index contributed by atoms with van der Waals surface area (Å²) in [6.45, 7) is 13.1. The van der Waals surface area contributed by atoms with Crippen molar-refractivity contribution in [3.63, 3.8) is 0 Å². The summed E-state index contributed by atoms with van der Waals surface area (Å²) in [4.78, 5) is 0. The molecule has 9 rings (SSSR count). The van der Waals surface area contributed by atoms with Gasteiger partial charge in [0.05, 0.1) is 37.6 Å². The van der Waals surface area contributed by atoms with Crippen LogP contribution in [0.5, 0.6) is 0 Å². The number of rotatable bonds is 7. The Morgan fingerprint density at radius 1 is 0.590 bits per heavy atom. The molecule has 9 aliphatic rings. The van der Waals surface area contributed by atoms with Gasteiger partial charge in [-0.25, -0.2) is 0 Å². The molecule has 8 N–H and O–H groups in total. The maximum Gasteiger partial charge on any atom is 0.187 e. The van der Waals surface area contributed by atoms with Crippen LogP contribution in [0.1, 0.15) is 106 Å². The minimum Gasteiger partial charge on any atom is -0.388 e. The third-order valence-corrected chi connectivity index (χ3v) is 18.2. The van der Waals surface area contributed by atoms with E-state index in [0.29, 0.717) is 41.4 Å². The summed E-state index contributed by atoms with van der Waals surface area (Å²) in [5.41, 5.74) is 0.383. The van der Waals surface area contributed by atoms with Crippen LogP contribution in [-0.2, 0) is 37.9 Å². The van der Waals surface area contributed by atoms with Gasteiger partial charge in [0.15, 0.2) is 24.7 Å². The first-order valence-corrected chi connectivity index (χ1v) is 23.5. The van der Waals surface area contributed by atoms with Gasteiger partial charge in [0.1, 0.15) is 61.0 Å². The highest BCUT2D eigenvalue weighted by molar-refractivity contribution is 5.15. The van der Waals surface area contributed by atoms with Crippen molar-refractivity contribution in [2.45, 2.75) is 216 Å². The Bertz CT molecular complexity index is 1530. The summed E-state index contributed by atoms with van der Waals surface area (Å²) < 4.78 is 49.6. The molecule has 0 unspecified atom stereocenters. The highest BCUT2D eigenvalue weighted by atomic mass is 16.8. The maximum atomic E-state index is 11.6. The van der Waals surface area contributed by atoms with Crippen molar-refractivity contribution in [1.82, 2.24) is 0 Å². The Morgan fingerprint density at radius 2 is 1.23 bits per heavy atom. The Hall–Kier alpha value is -0.640. The average molecular weight is 871 g/mol. The smallest absolute Gasteiger partial charge is 0.187 e. The van der Waals surface area contributed by atoms with Crippen LogP contribution in [0, 0.1) is 52.3 Å². The molecule has 5 saturated heterocycles. The third-order valence-electron chi connectivity index (χ3n) is 18.2. The number of ether oxygens (including phenoxy) is 8. The molecule has 4 saturated carbocycles. The van der Waals surface area contributed by atoms with E-state index >= 15 is 0 Å². The normalized spacial score (nSPS) is 59.7. The standard InChI is InChI=1S/C45H74O16/c1-19-9-14-45(55-17-19)20(2)30-28(61-45)16-27-25-8-7-23-15-24(10-12-43(23,5)26(25)11-13-44(27,30)6)58-42-38(53)35(50)39(60-41-37(52)34(49)32(47)22(4)57-41)29(59-42)18-54-40-36(51)33(48)31(46)21(3)56-40/h19-42,46-53H,7-18H2,1-6H3/t19-,20-,21-,22-,23+,24-,25+,26-,27-,28-,29+,30-,31-,32-,33+,34+,35+,36+,37+,38+,39-,40+,41-,42+,43-,44-,45+/m0/s1. The lowest BCUT2D eigenvalue weighted by atomic mass is 9.44. The van der Waals surface area contributed by atoms with Gasteiger partial charge in [-0.3, -0.25) is 0 Å². The van der Waals surface area contributed by atoms with Gasteiger partial charge in [-0.15, -0.1) is 0 Å². The summed E-state index contributed by atoms with van der Waals surface area (Å²) in [5, 5.41) is 85.8. The molecular weight excluding hydrogens is 796 g/mol. The summed E-state index contributed by atoms with van der Waals surface area (Å²) in [5.74, 6) is 3.37. The molecule has 9 fully saturated rings. The van der Waals surface area contributed by atoms with E-state index in [1.807, 2.05) is 0 Å². The second-order valence-electron chi connectivity index (χ2n) is 21.5. The Labute approximate surface area is 359 Å². The molecule has 0 aromatic carbocycles. The highest BCUT2D eigenvalue weighted by Crippen LogP contribution is 2.71. The number of hydrogen-bond donors (Lipinski definition) is 8. The molecule has 16 heteroatoms. The van der Waals surface area contributed by atoms with Gasteiger partial charge in [-0.1, -0.05) is 27.7 Å². The van der Waals surface area contributed by atoms with E-state index in [4.69, 9.17) is 37.9 Å². The lowest BCUT2D eigenvalue weighted by Crippen LogP contribution is -2.65. The molecule has 350 valence electrons. The Morgan fingerprint density at radius 3 is 1.92 bits per heavy atom. The SMILES string of the molecule is C[C@H]1CC[C@@]2(OC1)O[C@H]1C[C@H]3[C@@H]4CC[C@@H]5C[C@@H](O[C@@H]6O[C@H](CO[C@@H]7O[C@@H](C)[C@H](O)[C@@H](O)[C@H]7O)[C@H](O[C@@H]7O[C@@H](C)[C@H](O)[C@@H](O)[C@H]7O)[C@H](O)[C@H]6O)CC[C@]5(C)[C@H]4CC[C@]3(C)[C@H]1[C@@H]2C. The van der Waals surface area contributed by atoms with Gasteiger partial charge in [0.25, 0.3) is 0 Å². The molecule has 16 nitrogen and oxygen atoms in total. The van der Waals surface area contributed by atoms with Crippen LogP contribution in [0.25, 0.3) is 0 Å². The Kier molecular flexibility index (Phi) is 12.6. The molecule has 0 bridgehead atoms. The maximum absolute atomic E-state index is 11.6. The van der Waals surface area contributed by atoms with Gasteiger partial charge < -0.3 is 78.7 Å². The van der Waals surface area contributed by atoms with Crippen molar-refractivity contribution < 1.29 is 78.7 Å². The zero-order chi connectivity index (χ0) is 43.5.